The van der Waals surface area contributed by atoms with Gasteiger partial charge in [-0.15, -0.1) is 0 Å². The standard InChI is InChI=1S/C8H12O4.C7H12O2/c9-7(10)5-3-1-2-4-6(5)8(11)12;1-3-5-6-9-7(8)4-2/h5-6H,1-4H2,(H,9,10)(H,11,12);4H,2-3,5-6H2,1H3. The van der Waals surface area contributed by atoms with Crippen molar-refractivity contribution in [3.8, 4) is 0 Å². The van der Waals surface area contributed by atoms with Crippen LogP contribution in [0.2, 0.25) is 0 Å². The molecule has 21 heavy (non-hydrogen) atoms. The Kier molecular flexibility index (Phi) is 9.92. The molecule has 0 saturated heterocycles. The molecule has 2 unspecified atom stereocenters. The van der Waals surface area contributed by atoms with Gasteiger partial charge in [0.2, 0.25) is 0 Å². The average Bonchev–Trinajstić information content (AvgIpc) is 2.47. The largest absolute Gasteiger partial charge is 0.481 e. The van der Waals surface area contributed by atoms with E-state index >= 15 is 0 Å². The first kappa shape index (κ1) is 19.1. The van der Waals surface area contributed by atoms with Crippen LogP contribution in [0.4, 0.5) is 0 Å². The monoisotopic (exact) mass is 300 g/mol. The maximum atomic E-state index is 10.6. The van der Waals surface area contributed by atoms with Gasteiger partial charge in [-0.1, -0.05) is 32.8 Å². The van der Waals surface area contributed by atoms with Gasteiger partial charge in [0.15, 0.2) is 0 Å². The van der Waals surface area contributed by atoms with E-state index in [2.05, 4.69) is 11.3 Å². The number of unbranched alkanes of at least 4 members (excludes halogenated alkanes) is 1. The summed E-state index contributed by atoms with van der Waals surface area (Å²) in [5.74, 6) is -3.61. The van der Waals surface area contributed by atoms with Crippen LogP contribution in [0.5, 0.6) is 0 Å². The highest BCUT2D eigenvalue weighted by Crippen LogP contribution is 2.30. The van der Waals surface area contributed by atoms with Crippen molar-refractivity contribution in [3.63, 3.8) is 0 Å². The average molecular weight is 300 g/mol. The van der Waals surface area contributed by atoms with E-state index in [0.29, 0.717) is 19.4 Å². The molecule has 0 aromatic heterocycles. The lowest BCUT2D eigenvalue weighted by Gasteiger charge is -2.24. The van der Waals surface area contributed by atoms with E-state index < -0.39 is 23.8 Å². The third-order valence-corrected chi connectivity index (χ3v) is 3.31. The molecule has 2 N–H and O–H groups in total. The number of esters is 1. The Morgan fingerprint density at radius 2 is 1.62 bits per heavy atom. The van der Waals surface area contributed by atoms with E-state index in [1.807, 2.05) is 6.92 Å². The number of carbonyl (C=O) groups excluding carboxylic acids is 1. The molecule has 1 aliphatic rings. The zero-order valence-corrected chi connectivity index (χ0v) is 12.4. The van der Waals surface area contributed by atoms with Gasteiger partial charge in [0.05, 0.1) is 18.4 Å². The van der Waals surface area contributed by atoms with Crippen LogP contribution < -0.4 is 0 Å². The van der Waals surface area contributed by atoms with Gasteiger partial charge in [-0.2, -0.15) is 0 Å². The SMILES string of the molecule is C=CC(=O)OCCCC.O=C(O)C1CCCCC1C(=O)O. The molecule has 0 aromatic rings. The minimum absolute atomic E-state index is 0.330. The second-order valence-corrected chi connectivity index (χ2v) is 4.90. The summed E-state index contributed by atoms with van der Waals surface area (Å²) >= 11 is 0. The number of carboxylic acids is 2. The lowest BCUT2D eigenvalue weighted by molar-refractivity contribution is -0.155. The zero-order chi connectivity index (χ0) is 16.3. The summed E-state index contributed by atoms with van der Waals surface area (Å²) in [7, 11) is 0. The van der Waals surface area contributed by atoms with Crippen molar-refractivity contribution in [2.45, 2.75) is 45.4 Å². The molecule has 0 aromatic carbocycles. The van der Waals surface area contributed by atoms with E-state index in [0.717, 1.165) is 25.7 Å². The molecule has 0 radical (unpaired) electrons. The Hall–Kier alpha value is -1.85. The van der Waals surface area contributed by atoms with Gasteiger partial charge in [0.25, 0.3) is 0 Å². The quantitative estimate of drug-likeness (QED) is 0.444. The summed E-state index contributed by atoms with van der Waals surface area (Å²) in [6.07, 6.45) is 5.83. The predicted molar refractivity (Wildman–Crippen MR) is 76.8 cm³/mol. The van der Waals surface area contributed by atoms with Crippen LogP contribution in [0.25, 0.3) is 0 Å². The van der Waals surface area contributed by atoms with Gasteiger partial charge < -0.3 is 14.9 Å². The van der Waals surface area contributed by atoms with Crippen molar-refractivity contribution in [1.82, 2.24) is 0 Å². The Labute approximate surface area is 124 Å². The molecule has 1 fully saturated rings. The molecule has 0 bridgehead atoms. The summed E-state index contributed by atoms with van der Waals surface area (Å²) in [5, 5.41) is 17.4. The van der Waals surface area contributed by atoms with Crippen LogP contribution in [0.3, 0.4) is 0 Å². The topological polar surface area (TPSA) is 101 Å². The molecule has 1 saturated carbocycles. The van der Waals surface area contributed by atoms with Crippen LogP contribution in [-0.2, 0) is 19.1 Å². The zero-order valence-electron chi connectivity index (χ0n) is 12.4. The molecular formula is C15H24O6. The lowest BCUT2D eigenvalue weighted by atomic mass is 9.79. The maximum Gasteiger partial charge on any atom is 0.330 e. The lowest BCUT2D eigenvalue weighted by Crippen LogP contribution is -2.32. The Morgan fingerprint density at radius 3 is 1.95 bits per heavy atom. The van der Waals surface area contributed by atoms with E-state index in [1.54, 1.807) is 0 Å². The maximum absolute atomic E-state index is 10.6. The molecule has 120 valence electrons. The summed E-state index contributed by atoms with van der Waals surface area (Å²) < 4.78 is 4.67. The molecule has 0 amide bonds. The van der Waals surface area contributed by atoms with Crippen molar-refractivity contribution >= 4 is 17.9 Å². The van der Waals surface area contributed by atoms with Crippen molar-refractivity contribution in [3.05, 3.63) is 12.7 Å². The predicted octanol–water partition coefficient (Wildman–Crippen LogP) is 2.48. The first-order valence-corrected chi connectivity index (χ1v) is 7.18. The van der Waals surface area contributed by atoms with Gasteiger partial charge in [-0.25, -0.2) is 4.79 Å². The fraction of sp³-hybridized carbons (Fsp3) is 0.667. The molecule has 6 heteroatoms. The second-order valence-electron chi connectivity index (χ2n) is 4.90. The number of hydrogen-bond acceptors (Lipinski definition) is 4. The fourth-order valence-electron chi connectivity index (χ4n) is 2.10. The highest BCUT2D eigenvalue weighted by molar-refractivity contribution is 5.81. The number of carbonyl (C=O) groups is 3. The highest BCUT2D eigenvalue weighted by Gasteiger charge is 2.35. The minimum Gasteiger partial charge on any atom is -0.481 e. The molecule has 1 aliphatic carbocycles. The van der Waals surface area contributed by atoms with Crippen LogP contribution in [0, 0.1) is 11.8 Å². The summed E-state index contributed by atoms with van der Waals surface area (Å²) in [5.41, 5.74) is 0. The molecule has 0 aliphatic heterocycles. The second kappa shape index (κ2) is 10.9. The third-order valence-electron chi connectivity index (χ3n) is 3.31. The van der Waals surface area contributed by atoms with E-state index in [4.69, 9.17) is 10.2 Å². The Balaban J connectivity index is 0.000000400. The number of aliphatic carboxylic acids is 2. The number of hydrogen-bond donors (Lipinski definition) is 2. The smallest absolute Gasteiger partial charge is 0.330 e. The van der Waals surface area contributed by atoms with E-state index in [-0.39, 0.29) is 5.97 Å². The minimum atomic E-state index is -0.970. The van der Waals surface area contributed by atoms with Gasteiger partial charge in [-0.3, -0.25) is 9.59 Å². The molecule has 0 heterocycles. The van der Waals surface area contributed by atoms with Gasteiger partial charge in [0, 0.05) is 6.08 Å². The molecular weight excluding hydrogens is 276 g/mol. The van der Waals surface area contributed by atoms with Gasteiger partial charge in [0.1, 0.15) is 0 Å². The van der Waals surface area contributed by atoms with Crippen LogP contribution in [0.15, 0.2) is 12.7 Å². The number of ether oxygens (including phenoxy) is 1. The molecule has 1 rings (SSSR count). The van der Waals surface area contributed by atoms with Gasteiger partial charge >= 0.3 is 17.9 Å². The third kappa shape index (κ3) is 8.12. The summed E-state index contributed by atoms with van der Waals surface area (Å²) in [6.45, 7) is 5.82. The summed E-state index contributed by atoms with van der Waals surface area (Å²) in [6, 6.07) is 0. The number of rotatable bonds is 6. The van der Waals surface area contributed by atoms with Crippen LogP contribution in [0.1, 0.15) is 45.4 Å². The van der Waals surface area contributed by atoms with Crippen LogP contribution in [-0.4, -0.2) is 34.7 Å². The van der Waals surface area contributed by atoms with Crippen molar-refractivity contribution in [1.29, 1.82) is 0 Å². The Morgan fingerprint density at radius 1 is 1.14 bits per heavy atom. The van der Waals surface area contributed by atoms with Crippen molar-refractivity contribution in [2.75, 3.05) is 6.61 Å². The van der Waals surface area contributed by atoms with Gasteiger partial charge in [-0.05, 0) is 19.3 Å². The van der Waals surface area contributed by atoms with Crippen molar-refractivity contribution < 1.29 is 29.3 Å². The first-order chi connectivity index (χ1) is 9.93. The molecule has 2 atom stereocenters. The first-order valence-electron chi connectivity index (χ1n) is 7.18. The number of carboxylic acid groups (broad SMARTS) is 2. The summed E-state index contributed by atoms with van der Waals surface area (Å²) in [4.78, 5) is 31.6. The Bertz CT molecular complexity index is 341. The van der Waals surface area contributed by atoms with E-state index in [9.17, 15) is 14.4 Å². The van der Waals surface area contributed by atoms with Crippen LogP contribution >= 0.6 is 0 Å². The van der Waals surface area contributed by atoms with E-state index in [1.165, 1.54) is 6.08 Å². The highest BCUT2D eigenvalue weighted by atomic mass is 16.5. The molecule has 0 spiro atoms. The van der Waals surface area contributed by atoms with Crippen molar-refractivity contribution in [2.24, 2.45) is 11.8 Å². The molecule has 6 nitrogen and oxygen atoms in total. The fourth-order valence-corrected chi connectivity index (χ4v) is 2.10. The normalized spacial score (nSPS) is 20.6.